The minimum atomic E-state index is -0.293. The number of methoxy groups -OCH3 is 1. The molecule has 0 aromatic heterocycles. The molecule has 0 N–H and O–H groups in total. The summed E-state index contributed by atoms with van der Waals surface area (Å²) in [7, 11) is 1.63. The smallest absolute Gasteiger partial charge is 0.253 e. The highest BCUT2D eigenvalue weighted by atomic mass is 16.6. The van der Waals surface area contributed by atoms with Gasteiger partial charge in [-0.3, -0.25) is 14.5 Å². The molecule has 1 aliphatic heterocycles. The second kappa shape index (κ2) is 13.1. The highest BCUT2D eigenvalue weighted by Crippen LogP contribution is 2.02. The predicted octanol–water partition coefficient (Wildman–Crippen LogP) is -0.376. The highest BCUT2D eigenvalue weighted by Gasteiger charge is 2.22. The molecule has 0 saturated carbocycles. The lowest BCUT2D eigenvalue weighted by atomic mass is 10.5. The Morgan fingerprint density at radius 2 is 1.09 bits per heavy atom. The Morgan fingerprint density at radius 1 is 0.696 bits per heavy atom. The molecular weight excluding hydrogens is 306 g/mol. The van der Waals surface area contributed by atoms with Crippen molar-refractivity contribution < 1.29 is 33.3 Å². The SMILES string of the molecule is COCCOCCOCCOCCOCCN1C(=O)C=CC1=O. The van der Waals surface area contributed by atoms with Gasteiger partial charge < -0.3 is 23.7 Å². The van der Waals surface area contributed by atoms with Crippen molar-refractivity contribution in [3.8, 4) is 0 Å². The maximum atomic E-state index is 11.3. The van der Waals surface area contributed by atoms with Gasteiger partial charge in [0, 0.05) is 19.3 Å². The van der Waals surface area contributed by atoms with Crippen LogP contribution in [-0.2, 0) is 33.3 Å². The lowest BCUT2D eigenvalue weighted by Crippen LogP contribution is -2.33. The largest absolute Gasteiger partial charge is 0.382 e. The molecule has 1 rings (SSSR count). The Balaban J connectivity index is 1.77. The van der Waals surface area contributed by atoms with E-state index >= 15 is 0 Å². The highest BCUT2D eigenvalue weighted by molar-refractivity contribution is 6.12. The number of hydrogen-bond donors (Lipinski definition) is 0. The van der Waals surface area contributed by atoms with Gasteiger partial charge in [0.15, 0.2) is 0 Å². The number of rotatable bonds is 15. The number of nitrogens with zero attached hydrogens (tertiary/aromatic N) is 1. The topological polar surface area (TPSA) is 83.5 Å². The molecule has 0 bridgehead atoms. The molecule has 8 nitrogen and oxygen atoms in total. The summed E-state index contributed by atoms with van der Waals surface area (Å²) in [5, 5.41) is 0. The van der Waals surface area contributed by atoms with E-state index in [0.29, 0.717) is 59.5 Å². The third-order valence-electron chi connectivity index (χ3n) is 2.91. The van der Waals surface area contributed by atoms with Crippen LogP contribution in [-0.4, -0.2) is 89.8 Å². The van der Waals surface area contributed by atoms with Gasteiger partial charge in [-0.15, -0.1) is 0 Å². The van der Waals surface area contributed by atoms with E-state index in [1.165, 1.54) is 12.2 Å². The Hall–Kier alpha value is -1.32. The van der Waals surface area contributed by atoms with Crippen LogP contribution in [0.4, 0.5) is 0 Å². The Kier molecular flexibility index (Phi) is 11.3. The normalized spacial score (nSPS) is 14.2. The van der Waals surface area contributed by atoms with Gasteiger partial charge in [-0.2, -0.15) is 0 Å². The van der Waals surface area contributed by atoms with Crippen LogP contribution in [0, 0.1) is 0 Å². The maximum Gasteiger partial charge on any atom is 0.253 e. The van der Waals surface area contributed by atoms with E-state index in [4.69, 9.17) is 23.7 Å². The van der Waals surface area contributed by atoms with Crippen LogP contribution in [0.3, 0.4) is 0 Å². The van der Waals surface area contributed by atoms with E-state index in [9.17, 15) is 9.59 Å². The molecule has 0 saturated heterocycles. The third-order valence-corrected chi connectivity index (χ3v) is 2.91. The maximum absolute atomic E-state index is 11.3. The second-order valence-electron chi connectivity index (χ2n) is 4.60. The molecule has 2 amide bonds. The monoisotopic (exact) mass is 331 g/mol. The van der Waals surface area contributed by atoms with Crippen LogP contribution in [0.25, 0.3) is 0 Å². The number of imide groups is 1. The van der Waals surface area contributed by atoms with E-state index in [-0.39, 0.29) is 18.4 Å². The molecular formula is C15H25NO7. The van der Waals surface area contributed by atoms with Crippen molar-refractivity contribution in [2.45, 2.75) is 0 Å². The van der Waals surface area contributed by atoms with E-state index < -0.39 is 0 Å². The average Bonchev–Trinajstić information content (AvgIpc) is 2.86. The first-order valence-electron chi connectivity index (χ1n) is 7.59. The summed E-state index contributed by atoms with van der Waals surface area (Å²) >= 11 is 0. The van der Waals surface area contributed by atoms with E-state index in [0.717, 1.165) is 4.90 Å². The van der Waals surface area contributed by atoms with Crippen LogP contribution >= 0.6 is 0 Å². The molecule has 1 aliphatic rings. The van der Waals surface area contributed by atoms with Gasteiger partial charge in [0.25, 0.3) is 11.8 Å². The molecule has 0 spiro atoms. The summed E-state index contributed by atoms with van der Waals surface area (Å²) in [5.74, 6) is -0.587. The number of ether oxygens (including phenoxy) is 5. The summed E-state index contributed by atoms with van der Waals surface area (Å²) in [6.45, 7) is 4.60. The second-order valence-corrected chi connectivity index (χ2v) is 4.60. The van der Waals surface area contributed by atoms with Crippen LogP contribution in [0.5, 0.6) is 0 Å². The first kappa shape index (κ1) is 19.7. The van der Waals surface area contributed by atoms with Crippen molar-refractivity contribution in [3.05, 3.63) is 12.2 Å². The fourth-order valence-electron chi connectivity index (χ4n) is 1.71. The zero-order chi connectivity index (χ0) is 16.8. The zero-order valence-corrected chi connectivity index (χ0v) is 13.5. The van der Waals surface area contributed by atoms with Gasteiger partial charge in [0.2, 0.25) is 0 Å². The summed E-state index contributed by atoms with van der Waals surface area (Å²) in [6, 6.07) is 0. The minimum absolute atomic E-state index is 0.261. The number of amides is 2. The fourth-order valence-corrected chi connectivity index (χ4v) is 1.71. The van der Waals surface area contributed by atoms with Gasteiger partial charge >= 0.3 is 0 Å². The van der Waals surface area contributed by atoms with Crippen LogP contribution < -0.4 is 0 Å². The molecule has 8 heteroatoms. The average molecular weight is 331 g/mol. The van der Waals surface area contributed by atoms with Crippen LogP contribution in [0.15, 0.2) is 12.2 Å². The first-order chi connectivity index (χ1) is 11.3. The molecule has 0 aromatic carbocycles. The summed E-state index contributed by atoms with van der Waals surface area (Å²) in [5.41, 5.74) is 0. The first-order valence-corrected chi connectivity index (χ1v) is 7.59. The minimum Gasteiger partial charge on any atom is -0.382 e. The molecule has 0 aromatic rings. The van der Waals surface area contributed by atoms with Crippen molar-refractivity contribution in [1.29, 1.82) is 0 Å². The lowest BCUT2D eigenvalue weighted by Gasteiger charge is -2.13. The Bertz CT molecular complexity index is 355. The van der Waals surface area contributed by atoms with Gasteiger partial charge in [0.1, 0.15) is 0 Å². The van der Waals surface area contributed by atoms with Crippen LogP contribution in [0.1, 0.15) is 0 Å². The predicted molar refractivity (Wildman–Crippen MR) is 81.0 cm³/mol. The molecule has 23 heavy (non-hydrogen) atoms. The summed E-state index contributed by atoms with van der Waals surface area (Å²) in [4.78, 5) is 23.7. The number of carbonyl (C=O) groups is 2. The van der Waals surface area contributed by atoms with Crippen LogP contribution in [0.2, 0.25) is 0 Å². The molecule has 0 fully saturated rings. The van der Waals surface area contributed by atoms with E-state index in [1.807, 2.05) is 0 Å². The molecule has 1 heterocycles. The lowest BCUT2D eigenvalue weighted by molar-refractivity contribution is -0.137. The van der Waals surface area contributed by atoms with Crippen molar-refractivity contribution in [1.82, 2.24) is 4.90 Å². The van der Waals surface area contributed by atoms with Gasteiger partial charge in [0.05, 0.1) is 66.0 Å². The molecule has 132 valence electrons. The van der Waals surface area contributed by atoms with Gasteiger partial charge in [-0.05, 0) is 0 Å². The van der Waals surface area contributed by atoms with E-state index in [2.05, 4.69) is 0 Å². The molecule has 0 aliphatic carbocycles. The van der Waals surface area contributed by atoms with E-state index in [1.54, 1.807) is 7.11 Å². The molecule has 0 radical (unpaired) electrons. The van der Waals surface area contributed by atoms with Crippen molar-refractivity contribution in [2.24, 2.45) is 0 Å². The standard InChI is InChI=1S/C15H25NO7/c1-19-6-7-21-10-11-23-13-12-22-9-8-20-5-4-16-14(17)2-3-15(16)18/h2-3H,4-13H2,1H3. The summed E-state index contributed by atoms with van der Waals surface area (Å²) < 4.78 is 26.0. The van der Waals surface area contributed by atoms with Crippen molar-refractivity contribution in [3.63, 3.8) is 0 Å². The third kappa shape index (κ3) is 9.42. The molecule has 0 atom stereocenters. The quantitative estimate of drug-likeness (QED) is 0.299. The number of carbonyl (C=O) groups excluding carboxylic acids is 2. The summed E-state index contributed by atoms with van der Waals surface area (Å²) in [6.07, 6.45) is 2.52. The van der Waals surface area contributed by atoms with Gasteiger partial charge in [-0.1, -0.05) is 0 Å². The molecule has 0 unspecified atom stereocenters. The van der Waals surface area contributed by atoms with Crippen molar-refractivity contribution >= 4 is 11.8 Å². The fraction of sp³-hybridized carbons (Fsp3) is 0.733. The Morgan fingerprint density at radius 3 is 1.52 bits per heavy atom. The Labute approximate surface area is 136 Å². The number of hydrogen-bond acceptors (Lipinski definition) is 7. The van der Waals surface area contributed by atoms with Crippen molar-refractivity contribution in [2.75, 3.05) is 73.1 Å². The zero-order valence-electron chi connectivity index (χ0n) is 13.5. The van der Waals surface area contributed by atoms with Gasteiger partial charge in [-0.25, -0.2) is 0 Å².